The van der Waals surface area contributed by atoms with Crippen LogP contribution in [0.2, 0.25) is 0 Å². The smallest absolute Gasteiger partial charge is 0.165 e. The van der Waals surface area contributed by atoms with E-state index in [2.05, 4.69) is 49.8 Å². The first-order valence-electron chi connectivity index (χ1n) is 12.0. The molecule has 32 heavy (non-hydrogen) atoms. The molecule has 1 aliphatic heterocycles. The Balaban J connectivity index is 1.26. The van der Waals surface area contributed by atoms with E-state index in [1.807, 2.05) is 18.4 Å². The quantitative estimate of drug-likeness (QED) is 0.455. The van der Waals surface area contributed by atoms with Crippen LogP contribution in [0.3, 0.4) is 0 Å². The van der Waals surface area contributed by atoms with Gasteiger partial charge in [-0.1, -0.05) is 6.92 Å². The molecule has 8 nitrogen and oxygen atoms in total. The van der Waals surface area contributed by atoms with Crippen LogP contribution >= 0.6 is 0 Å². The largest absolute Gasteiger partial charge is 0.383 e. The molecule has 0 saturated heterocycles. The molecule has 4 rings (SSSR count). The van der Waals surface area contributed by atoms with Gasteiger partial charge in [-0.15, -0.1) is 0 Å². The third-order valence-electron chi connectivity index (χ3n) is 7.12. The van der Waals surface area contributed by atoms with Gasteiger partial charge in [0.05, 0.1) is 12.3 Å². The predicted molar refractivity (Wildman–Crippen MR) is 129 cm³/mol. The second-order valence-corrected chi connectivity index (χ2v) is 9.87. The number of anilines is 1. The fourth-order valence-corrected chi connectivity index (χ4v) is 4.49. The number of aliphatic imine (C=N–C) groups is 1. The maximum absolute atomic E-state index is 5.13. The standard InChI is InChI=1S/C24H39N7O/c1-24(9-10-24)16-28-22-8-11-26-23(31(22)2)20-14-21(30-17-29-20)27-15-18-4-6-19(7-5-18)25-12-13-32-3/h8,11,14,17-19,23,25,28H,4-7,9-10,12-13,15-16H2,1-3H3,(H,27,29,30). The molecule has 8 heteroatoms. The van der Waals surface area contributed by atoms with Gasteiger partial charge in [-0.05, 0) is 55.9 Å². The maximum Gasteiger partial charge on any atom is 0.165 e. The van der Waals surface area contributed by atoms with Crippen molar-refractivity contribution in [3.63, 3.8) is 0 Å². The Hall–Kier alpha value is -2.19. The summed E-state index contributed by atoms with van der Waals surface area (Å²) in [5.41, 5.74) is 1.37. The van der Waals surface area contributed by atoms with Gasteiger partial charge in [-0.25, -0.2) is 9.97 Å². The Bertz CT molecular complexity index is 799. The number of allylic oxidation sites excluding steroid dienone is 1. The molecule has 0 aromatic carbocycles. The number of aromatic nitrogens is 2. The van der Waals surface area contributed by atoms with Crippen LogP contribution in [-0.2, 0) is 4.74 Å². The molecule has 1 aromatic rings. The lowest BCUT2D eigenvalue weighted by molar-refractivity contribution is 0.189. The fourth-order valence-electron chi connectivity index (χ4n) is 4.49. The molecule has 0 bridgehead atoms. The first-order valence-corrected chi connectivity index (χ1v) is 12.0. The summed E-state index contributed by atoms with van der Waals surface area (Å²) in [6, 6.07) is 2.67. The van der Waals surface area contributed by atoms with Crippen molar-refractivity contribution in [1.82, 2.24) is 25.5 Å². The molecule has 1 aromatic heterocycles. The predicted octanol–water partition coefficient (Wildman–Crippen LogP) is 2.93. The van der Waals surface area contributed by atoms with Crippen molar-refractivity contribution in [2.45, 2.75) is 57.7 Å². The van der Waals surface area contributed by atoms with Crippen molar-refractivity contribution in [3.8, 4) is 0 Å². The molecular weight excluding hydrogens is 402 g/mol. The summed E-state index contributed by atoms with van der Waals surface area (Å²) in [6.45, 7) is 6.02. The van der Waals surface area contributed by atoms with Gasteiger partial charge >= 0.3 is 0 Å². The number of rotatable bonds is 11. The highest BCUT2D eigenvalue weighted by Crippen LogP contribution is 2.44. The molecule has 0 amide bonds. The molecule has 3 aliphatic rings. The van der Waals surface area contributed by atoms with Gasteiger partial charge in [-0.2, -0.15) is 0 Å². The van der Waals surface area contributed by atoms with Gasteiger partial charge < -0.3 is 25.6 Å². The summed E-state index contributed by atoms with van der Waals surface area (Å²) in [6.07, 6.45) is 13.0. The topological polar surface area (TPSA) is 86.7 Å². The SMILES string of the molecule is COCCNC1CCC(CNc2cc(C3N=CC=C(NCC4(C)CC4)N3C)ncn2)CC1. The molecular formula is C24H39N7O. The third kappa shape index (κ3) is 6.19. The van der Waals surface area contributed by atoms with Gasteiger partial charge in [0.25, 0.3) is 0 Å². The van der Waals surface area contributed by atoms with E-state index in [0.717, 1.165) is 43.6 Å². The average Bonchev–Trinajstić information content (AvgIpc) is 3.55. The number of methoxy groups -OCH3 is 1. The van der Waals surface area contributed by atoms with Gasteiger partial charge in [0.1, 0.15) is 18.0 Å². The third-order valence-corrected chi connectivity index (χ3v) is 7.12. The number of hydrogen-bond donors (Lipinski definition) is 3. The zero-order valence-corrected chi connectivity index (χ0v) is 19.8. The number of hydrogen-bond acceptors (Lipinski definition) is 8. The van der Waals surface area contributed by atoms with Crippen molar-refractivity contribution < 1.29 is 4.74 Å². The fraction of sp³-hybridized carbons (Fsp3) is 0.708. The van der Waals surface area contributed by atoms with E-state index in [0.29, 0.717) is 17.4 Å². The minimum atomic E-state index is -0.133. The molecule has 176 valence electrons. The average molecular weight is 442 g/mol. The molecule has 0 spiro atoms. The Morgan fingerprint density at radius 1 is 1.16 bits per heavy atom. The van der Waals surface area contributed by atoms with Crippen LogP contribution in [0, 0.1) is 11.3 Å². The van der Waals surface area contributed by atoms with Crippen LogP contribution in [0.25, 0.3) is 0 Å². The van der Waals surface area contributed by atoms with Crippen LogP contribution < -0.4 is 16.0 Å². The van der Waals surface area contributed by atoms with Crippen LogP contribution in [0.4, 0.5) is 5.82 Å². The number of nitrogens with one attached hydrogen (secondary N) is 3. The highest BCUT2D eigenvalue weighted by atomic mass is 16.5. The van der Waals surface area contributed by atoms with Crippen molar-refractivity contribution >= 4 is 12.0 Å². The lowest BCUT2D eigenvalue weighted by Crippen LogP contribution is -2.36. The molecule has 2 aliphatic carbocycles. The van der Waals surface area contributed by atoms with E-state index in [4.69, 9.17) is 4.74 Å². The molecule has 1 atom stereocenters. The van der Waals surface area contributed by atoms with Crippen LogP contribution in [-0.4, -0.2) is 67.5 Å². The first-order chi connectivity index (χ1) is 15.6. The summed E-state index contributed by atoms with van der Waals surface area (Å²) in [5, 5.41) is 10.7. The second kappa shape index (κ2) is 10.6. The molecule has 3 N–H and O–H groups in total. The summed E-state index contributed by atoms with van der Waals surface area (Å²) in [7, 11) is 3.83. The second-order valence-electron chi connectivity index (χ2n) is 9.87. The summed E-state index contributed by atoms with van der Waals surface area (Å²) >= 11 is 0. The maximum atomic E-state index is 5.13. The van der Waals surface area contributed by atoms with Crippen molar-refractivity contribution in [1.29, 1.82) is 0 Å². The van der Waals surface area contributed by atoms with Gasteiger partial charge in [0.15, 0.2) is 6.17 Å². The highest BCUT2D eigenvalue weighted by Gasteiger charge is 2.37. The minimum absolute atomic E-state index is 0.133. The first kappa shape index (κ1) is 23.0. The summed E-state index contributed by atoms with van der Waals surface area (Å²) in [5.74, 6) is 2.67. The zero-order valence-electron chi connectivity index (χ0n) is 19.8. The monoisotopic (exact) mass is 441 g/mol. The van der Waals surface area contributed by atoms with Crippen LogP contribution in [0.1, 0.15) is 57.3 Å². The lowest BCUT2D eigenvalue weighted by Gasteiger charge is -2.32. The van der Waals surface area contributed by atoms with E-state index in [1.54, 1.807) is 13.4 Å². The minimum Gasteiger partial charge on any atom is -0.383 e. The Morgan fingerprint density at radius 3 is 2.72 bits per heavy atom. The van der Waals surface area contributed by atoms with E-state index in [-0.39, 0.29) is 6.17 Å². The summed E-state index contributed by atoms with van der Waals surface area (Å²) in [4.78, 5) is 15.8. The van der Waals surface area contributed by atoms with Crippen molar-refractivity contribution in [2.75, 3.05) is 45.7 Å². The molecule has 0 radical (unpaired) electrons. The van der Waals surface area contributed by atoms with Gasteiger partial charge in [-0.3, -0.25) is 4.99 Å². The Labute approximate surface area is 192 Å². The summed E-state index contributed by atoms with van der Waals surface area (Å²) < 4.78 is 5.13. The van der Waals surface area contributed by atoms with Crippen LogP contribution in [0.5, 0.6) is 0 Å². The normalized spacial score (nSPS) is 26.5. The Morgan fingerprint density at radius 2 is 1.97 bits per heavy atom. The molecule has 2 heterocycles. The van der Waals surface area contributed by atoms with Crippen molar-refractivity contribution in [3.05, 3.63) is 30.0 Å². The van der Waals surface area contributed by atoms with E-state index < -0.39 is 0 Å². The molecule has 1 unspecified atom stereocenters. The molecule has 2 fully saturated rings. The van der Waals surface area contributed by atoms with E-state index in [1.165, 1.54) is 38.5 Å². The van der Waals surface area contributed by atoms with Crippen LogP contribution in [0.15, 0.2) is 29.3 Å². The van der Waals surface area contributed by atoms with Crippen molar-refractivity contribution in [2.24, 2.45) is 16.3 Å². The lowest BCUT2D eigenvalue weighted by atomic mass is 9.86. The van der Waals surface area contributed by atoms with Gasteiger partial charge in [0, 0.05) is 52.1 Å². The Kier molecular flexibility index (Phi) is 7.63. The van der Waals surface area contributed by atoms with E-state index >= 15 is 0 Å². The van der Waals surface area contributed by atoms with Gasteiger partial charge in [0.2, 0.25) is 0 Å². The van der Waals surface area contributed by atoms with E-state index in [9.17, 15) is 0 Å². The highest BCUT2D eigenvalue weighted by molar-refractivity contribution is 5.73. The number of ether oxygens (including phenoxy) is 1. The zero-order chi connectivity index (χ0) is 22.4. The number of nitrogens with zero attached hydrogens (tertiary/aromatic N) is 4. The molecule has 2 saturated carbocycles.